The van der Waals surface area contributed by atoms with Crippen LogP contribution in [0.15, 0.2) is 54.6 Å². The molecule has 0 aromatic heterocycles. The van der Waals surface area contributed by atoms with Gasteiger partial charge in [-0.05, 0) is 48.8 Å². The fraction of sp³-hybridized carbons (Fsp3) is 0.478. The highest BCUT2D eigenvalue weighted by atomic mass is 31.2. The van der Waals surface area contributed by atoms with Crippen LogP contribution in [0.1, 0.15) is 51.4 Å². The van der Waals surface area contributed by atoms with Crippen molar-refractivity contribution in [2.24, 2.45) is 17.8 Å². The number of aliphatic hydroxyl groups excluding tert-OH is 1. The molecule has 1 aliphatic rings. The molecule has 0 unspecified atom stereocenters. The lowest BCUT2D eigenvalue weighted by molar-refractivity contribution is 0.0425. The lowest BCUT2D eigenvalue weighted by atomic mass is 9.75. The monoisotopic (exact) mass is 404 g/mol. The van der Waals surface area contributed by atoms with Gasteiger partial charge in [-0.1, -0.05) is 63.6 Å². The van der Waals surface area contributed by atoms with Crippen molar-refractivity contribution in [3.63, 3.8) is 0 Å². The Morgan fingerprint density at radius 3 is 2.36 bits per heavy atom. The molecular formula is C23H30FO3P. The molecule has 0 radical (unpaired) electrons. The largest absolute Gasteiger partial charge is 0.378 e. The maximum atomic E-state index is 14.4. The molecule has 5 heteroatoms. The maximum absolute atomic E-state index is 14.4. The number of benzene rings is 2. The van der Waals surface area contributed by atoms with E-state index in [1.165, 1.54) is 12.1 Å². The van der Waals surface area contributed by atoms with Crippen molar-refractivity contribution >= 4 is 12.7 Å². The van der Waals surface area contributed by atoms with Gasteiger partial charge in [0.05, 0.1) is 6.10 Å². The minimum absolute atomic E-state index is 0.0136. The third-order valence-corrected chi connectivity index (χ3v) is 8.40. The second kappa shape index (κ2) is 8.90. The van der Waals surface area contributed by atoms with E-state index in [1.54, 1.807) is 36.4 Å². The van der Waals surface area contributed by atoms with Crippen LogP contribution in [-0.4, -0.2) is 11.2 Å². The minimum atomic E-state index is -3.77. The molecule has 1 aliphatic carbocycles. The molecule has 0 saturated heterocycles. The predicted molar refractivity (Wildman–Crippen MR) is 111 cm³/mol. The normalized spacial score (nSPS) is 26.0. The lowest BCUT2D eigenvalue weighted by Gasteiger charge is -2.39. The summed E-state index contributed by atoms with van der Waals surface area (Å²) in [5, 5.41) is 11.5. The van der Waals surface area contributed by atoms with Gasteiger partial charge in [-0.3, -0.25) is 4.57 Å². The lowest BCUT2D eigenvalue weighted by Crippen LogP contribution is -2.35. The fourth-order valence-corrected chi connectivity index (χ4v) is 6.53. The first-order valence-electron chi connectivity index (χ1n) is 10.1. The summed E-state index contributed by atoms with van der Waals surface area (Å²) in [6.07, 6.45) is 2.70. The number of hydrogen-bond acceptors (Lipinski definition) is 3. The molecule has 0 spiro atoms. The van der Waals surface area contributed by atoms with Crippen LogP contribution in [0.4, 0.5) is 4.39 Å². The van der Waals surface area contributed by atoms with E-state index in [2.05, 4.69) is 20.8 Å². The summed E-state index contributed by atoms with van der Waals surface area (Å²) < 4.78 is 34.9. The zero-order valence-electron chi connectivity index (χ0n) is 16.8. The van der Waals surface area contributed by atoms with Crippen molar-refractivity contribution in [2.45, 2.75) is 52.0 Å². The molecule has 5 atom stereocenters. The van der Waals surface area contributed by atoms with Crippen molar-refractivity contribution in [1.82, 2.24) is 0 Å². The fourth-order valence-electron chi connectivity index (χ4n) is 4.20. The molecule has 1 N–H and O–H groups in total. The molecular weight excluding hydrogens is 374 g/mol. The highest BCUT2D eigenvalue weighted by molar-refractivity contribution is 7.67. The summed E-state index contributed by atoms with van der Waals surface area (Å²) in [5.74, 6) is -1.00. The van der Waals surface area contributed by atoms with Crippen molar-refractivity contribution in [3.8, 4) is 0 Å². The Kier molecular flexibility index (Phi) is 6.75. The van der Waals surface area contributed by atoms with Crippen LogP contribution in [0.3, 0.4) is 0 Å². The van der Waals surface area contributed by atoms with Crippen molar-refractivity contribution in [3.05, 3.63) is 66.0 Å². The second-order valence-corrected chi connectivity index (χ2v) is 10.7. The van der Waals surface area contributed by atoms with Gasteiger partial charge in [-0.15, -0.1) is 0 Å². The Labute approximate surface area is 167 Å². The van der Waals surface area contributed by atoms with Crippen molar-refractivity contribution in [1.29, 1.82) is 0 Å². The summed E-state index contributed by atoms with van der Waals surface area (Å²) in [4.78, 5) is 0. The van der Waals surface area contributed by atoms with E-state index >= 15 is 0 Å². The minimum Gasteiger partial charge on any atom is -0.378 e. The van der Waals surface area contributed by atoms with Gasteiger partial charge in [0.25, 0.3) is 7.37 Å². The van der Waals surface area contributed by atoms with Crippen LogP contribution in [0.2, 0.25) is 0 Å². The van der Waals surface area contributed by atoms with Gasteiger partial charge in [0.1, 0.15) is 5.82 Å². The van der Waals surface area contributed by atoms with Gasteiger partial charge in [0, 0.05) is 10.9 Å². The average molecular weight is 404 g/mol. The van der Waals surface area contributed by atoms with E-state index in [9.17, 15) is 14.1 Å². The van der Waals surface area contributed by atoms with E-state index in [0.717, 1.165) is 19.3 Å². The molecule has 1 saturated carbocycles. The zero-order valence-corrected chi connectivity index (χ0v) is 17.7. The smallest absolute Gasteiger partial charge is 0.264 e. The third-order valence-electron chi connectivity index (χ3n) is 5.87. The van der Waals surface area contributed by atoms with E-state index < -0.39 is 19.0 Å². The van der Waals surface area contributed by atoms with Crippen LogP contribution < -0.4 is 5.30 Å². The predicted octanol–water partition coefficient (Wildman–Crippen LogP) is 5.90. The molecule has 0 aliphatic heterocycles. The summed E-state index contributed by atoms with van der Waals surface area (Å²) >= 11 is 0. The third kappa shape index (κ3) is 4.40. The highest BCUT2D eigenvalue weighted by Gasteiger charge is 2.43. The van der Waals surface area contributed by atoms with Crippen molar-refractivity contribution in [2.75, 3.05) is 0 Å². The first-order valence-corrected chi connectivity index (χ1v) is 11.8. The summed E-state index contributed by atoms with van der Waals surface area (Å²) in [6, 6.07) is 14.7. The molecule has 1 fully saturated rings. The number of halogens is 1. The Bertz CT molecular complexity index is 824. The van der Waals surface area contributed by atoms with Gasteiger partial charge in [0.2, 0.25) is 0 Å². The Hall–Kier alpha value is -1.48. The quantitative estimate of drug-likeness (QED) is 0.610. The van der Waals surface area contributed by atoms with Crippen molar-refractivity contribution < 1.29 is 18.6 Å². The molecule has 28 heavy (non-hydrogen) atoms. The first-order chi connectivity index (χ1) is 13.3. The summed E-state index contributed by atoms with van der Waals surface area (Å²) in [5.41, 5.74) is 0.0136. The summed E-state index contributed by atoms with van der Waals surface area (Å²) in [7, 11) is -3.77. The van der Waals surface area contributed by atoms with Gasteiger partial charge in [-0.25, -0.2) is 4.39 Å². The Morgan fingerprint density at radius 1 is 1.07 bits per heavy atom. The van der Waals surface area contributed by atoms with E-state index in [4.69, 9.17) is 4.52 Å². The molecule has 3 nitrogen and oxygen atoms in total. The van der Waals surface area contributed by atoms with Crippen LogP contribution >= 0.6 is 7.37 Å². The zero-order chi connectivity index (χ0) is 20.3. The first kappa shape index (κ1) is 21.2. The SMILES string of the molecule is CC(C)[C@H]1CC[C@H](C)C[C@@H]1O[P@@](=O)(c1ccccc1)[C@@H](O)c1ccccc1F. The molecule has 0 bridgehead atoms. The molecule has 152 valence electrons. The number of hydrogen-bond donors (Lipinski definition) is 1. The molecule has 0 heterocycles. The second-order valence-electron chi connectivity index (χ2n) is 8.30. The van der Waals surface area contributed by atoms with Gasteiger partial charge < -0.3 is 9.63 Å². The number of aliphatic hydroxyl groups is 1. The Balaban J connectivity index is 2.02. The van der Waals surface area contributed by atoms with E-state index in [0.29, 0.717) is 17.1 Å². The highest BCUT2D eigenvalue weighted by Crippen LogP contribution is 2.60. The number of rotatable bonds is 6. The standard InChI is InChI=1S/C23H30FO3P/c1-16(2)19-14-13-17(3)15-22(19)27-28(26,18-9-5-4-6-10-18)23(25)20-11-7-8-12-21(20)24/h4-12,16-17,19,22-23,25H,13-15H2,1-3H3/t17-,19+,22-,23+,28-/m0/s1. The van der Waals surface area contributed by atoms with Gasteiger partial charge >= 0.3 is 0 Å². The topological polar surface area (TPSA) is 46.5 Å². The molecule has 0 amide bonds. The average Bonchev–Trinajstić information content (AvgIpc) is 2.68. The van der Waals surface area contributed by atoms with Crippen LogP contribution in [0, 0.1) is 23.6 Å². The van der Waals surface area contributed by atoms with Crippen LogP contribution in [0.25, 0.3) is 0 Å². The Morgan fingerprint density at radius 2 is 1.71 bits per heavy atom. The van der Waals surface area contributed by atoms with Crippen LogP contribution in [-0.2, 0) is 9.09 Å². The molecule has 3 rings (SSSR count). The maximum Gasteiger partial charge on any atom is 0.264 e. The van der Waals surface area contributed by atoms with Crippen LogP contribution in [0.5, 0.6) is 0 Å². The summed E-state index contributed by atoms with van der Waals surface area (Å²) in [6.45, 7) is 6.48. The van der Waals surface area contributed by atoms with E-state index in [1.807, 2.05) is 6.07 Å². The van der Waals surface area contributed by atoms with E-state index in [-0.39, 0.29) is 17.6 Å². The molecule has 2 aromatic carbocycles. The molecule has 2 aromatic rings. The van der Waals surface area contributed by atoms with Gasteiger partial charge in [0.15, 0.2) is 5.85 Å². The van der Waals surface area contributed by atoms with Gasteiger partial charge in [-0.2, -0.15) is 0 Å².